The molecule has 0 N–H and O–H groups in total. The van der Waals surface area contributed by atoms with Crippen LogP contribution in [0.1, 0.15) is 20.8 Å². The molecular weight excluding hydrogens is 126 g/mol. The standard InChI is InChI=1S/C8H20NO/c1-8(2,3)7-10-9(4,5)6/h7H2,1-6H3/q+1. The van der Waals surface area contributed by atoms with Crippen LogP contribution >= 0.6 is 0 Å². The van der Waals surface area contributed by atoms with Crippen LogP contribution in [0.2, 0.25) is 0 Å². The monoisotopic (exact) mass is 146 g/mol. The van der Waals surface area contributed by atoms with E-state index in [1.165, 1.54) is 0 Å². The average molecular weight is 146 g/mol. The molecule has 0 atom stereocenters. The minimum atomic E-state index is 0.269. The van der Waals surface area contributed by atoms with Crippen LogP contribution in [-0.4, -0.2) is 32.4 Å². The highest BCUT2D eigenvalue weighted by Crippen LogP contribution is 2.14. The number of rotatable bonds is 2. The van der Waals surface area contributed by atoms with Crippen molar-refractivity contribution in [2.45, 2.75) is 20.8 Å². The van der Waals surface area contributed by atoms with E-state index in [-0.39, 0.29) is 5.41 Å². The molecule has 0 aliphatic carbocycles. The Morgan fingerprint density at radius 2 is 1.50 bits per heavy atom. The lowest BCUT2D eigenvalue weighted by Crippen LogP contribution is -2.37. The van der Waals surface area contributed by atoms with Gasteiger partial charge in [-0.25, -0.2) is 4.84 Å². The molecule has 0 aromatic rings. The molecule has 0 aromatic heterocycles. The van der Waals surface area contributed by atoms with E-state index in [1.807, 2.05) is 21.1 Å². The molecule has 0 unspecified atom stereocenters. The van der Waals surface area contributed by atoms with Crippen LogP contribution in [0, 0.1) is 5.41 Å². The Balaban J connectivity index is 3.56. The van der Waals surface area contributed by atoms with Gasteiger partial charge in [-0.3, -0.25) is 0 Å². The lowest BCUT2D eigenvalue weighted by atomic mass is 9.99. The number of quaternary nitrogens is 1. The topological polar surface area (TPSA) is 9.23 Å². The molecule has 0 saturated heterocycles. The Hall–Kier alpha value is -0.0800. The first-order valence-corrected chi connectivity index (χ1v) is 3.67. The lowest BCUT2D eigenvalue weighted by Gasteiger charge is -2.26. The lowest BCUT2D eigenvalue weighted by molar-refractivity contribution is -1.06. The molecule has 0 bridgehead atoms. The summed E-state index contributed by atoms with van der Waals surface area (Å²) in [7, 11) is 6.06. The van der Waals surface area contributed by atoms with Crippen LogP contribution in [0.15, 0.2) is 0 Å². The molecule has 62 valence electrons. The highest BCUT2D eigenvalue weighted by Gasteiger charge is 2.16. The van der Waals surface area contributed by atoms with Crippen LogP contribution in [0.4, 0.5) is 0 Å². The molecule has 0 aromatic carbocycles. The summed E-state index contributed by atoms with van der Waals surface area (Å²) in [5.41, 5.74) is 0.269. The summed E-state index contributed by atoms with van der Waals surface area (Å²) in [4.78, 5) is 5.53. The van der Waals surface area contributed by atoms with Crippen molar-refractivity contribution in [1.82, 2.24) is 0 Å². The molecular formula is C8H20NO+. The smallest absolute Gasteiger partial charge is 0.111 e. The third-order valence-electron chi connectivity index (χ3n) is 0.885. The summed E-state index contributed by atoms with van der Waals surface area (Å²) in [6, 6.07) is 0. The zero-order valence-corrected chi connectivity index (χ0v) is 8.06. The van der Waals surface area contributed by atoms with E-state index < -0.39 is 0 Å². The Kier molecular flexibility index (Phi) is 2.86. The first-order valence-electron chi connectivity index (χ1n) is 3.67. The molecule has 2 nitrogen and oxygen atoms in total. The van der Waals surface area contributed by atoms with Crippen LogP contribution in [-0.2, 0) is 4.84 Å². The Morgan fingerprint density at radius 1 is 1.10 bits per heavy atom. The Morgan fingerprint density at radius 3 is 1.60 bits per heavy atom. The van der Waals surface area contributed by atoms with Gasteiger partial charge >= 0.3 is 0 Å². The second-order valence-electron chi connectivity index (χ2n) is 4.72. The van der Waals surface area contributed by atoms with E-state index in [2.05, 4.69) is 20.8 Å². The van der Waals surface area contributed by atoms with Gasteiger partial charge in [0.05, 0.1) is 21.1 Å². The van der Waals surface area contributed by atoms with E-state index in [0.29, 0.717) is 4.65 Å². The predicted octanol–water partition coefficient (Wildman–Crippen LogP) is 1.67. The van der Waals surface area contributed by atoms with E-state index in [1.54, 1.807) is 0 Å². The third-order valence-corrected chi connectivity index (χ3v) is 0.885. The molecule has 0 radical (unpaired) electrons. The van der Waals surface area contributed by atoms with Gasteiger partial charge in [0.1, 0.15) is 6.61 Å². The van der Waals surface area contributed by atoms with Crippen LogP contribution in [0.3, 0.4) is 0 Å². The second-order valence-corrected chi connectivity index (χ2v) is 4.72. The minimum Gasteiger partial charge on any atom is -0.203 e. The Bertz CT molecular complexity index is 82.8. The molecule has 0 spiro atoms. The molecule has 0 fully saturated rings. The van der Waals surface area contributed by atoms with Crippen molar-refractivity contribution in [3.05, 3.63) is 0 Å². The fraction of sp³-hybridized carbons (Fsp3) is 1.00. The number of nitrogens with zero attached hydrogens (tertiary/aromatic N) is 1. The summed E-state index contributed by atoms with van der Waals surface area (Å²) < 4.78 is 0.581. The van der Waals surface area contributed by atoms with Gasteiger partial charge in [-0.1, -0.05) is 20.8 Å². The second kappa shape index (κ2) is 2.89. The summed E-state index contributed by atoms with van der Waals surface area (Å²) in [5, 5.41) is 0. The maximum Gasteiger partial charge on any atom is 0.111 e. The van der Waals surface area contributed by atoms with Crippen molar-refractivity contribution < 1.29 is 9.48 Å². The molecule has 2 heteroatoms. The largest absolute Gasteiger partial charge is 0.203 e. The van der Waals surface area contributed by atoms with Crippen molar-refractivity contribution in [3.63, 3.8) is 0 Å². The van der Waals surface area contributed by atoms with Crippen molar-refractivity contribution in [3.8, 4) is 0 Å². The molecule has 0 saturated carbocycles. The number of hydroxylamine groups is 3. The van der Waals surface area contributed by atoms with Crippen molar-refractivity contribution in [2.24, 2.45) is 5.41 Å². The summed E-state index contributed by atoms with van der Waals surface area (Å²) >= 11 is 0. The summed E-state index contributed by atoms with van der Waals surface area (Å²) in [5.74, 6) is 0. The summed E-state index contributed by atoms with van der Waals surface area (Å²) in [6.07, 6.45) is 0. The normalized spacial score (nSPS) is 13.8. The average Bonchev–Trinajstić information content (AvgIpc) is 1.57. The van der Waals surface area contributed by atoms with Crippen LogP contribution in [0.25, 0.3) is 0 Å². The predicted molar refractivity (Wildman–Crippen MR) is 43.4 cm³/mol. The molecule has 0 amide bonds. The summed E-state index contributed by atoms with van der Waals surface area (Å²) in [6.45, 7) is 7.31. The fourth-order valence-corrected chi connectivity index (χ4v) is 0.387. The first-order chi connectivity index (χ1) is 4.21. The van der Waals surface area contributed by atoms with Crippen LogP contribution in [0.5, 0.6) is 0 Å². The van der Waals surface area contributed by atoms with Crippen LogP contribution < -0.4 is 0 Å². The van der Waals surface area contributed by atoms with Gasteiger partial charge in [0.2, 0.25) is 0 Å². The number of hydrogen-bond donors (Lipinski definition) is 0. The van der Waals surface area contributed by atoms with Gasteiger partial charge in [-0.05, 0) is 5.41 Å². The van der Waals surface area contributed by atoms with Crippen molar-refractivity contribution in [2.75, 3.05) is 27.7 Å². The minimum absolute atomic E-state index is 0.269. The van der Waals surface area contributed by atoms with Gasteiger partial charge in [0.15, 0.2) is 0 Å². The zero-order chi connectivity index (χ0) is 8.41. The quantitative estimate of drug-likeness (QED) is 0.425. The zero-order valence-electron chi connectivity index (χ0n) is 8.06. The Labute approximate surface area is 64.3 Å². The van der Waals surface area contributed by atoms with E-state index in [0.717, 1.165) is 6.61 Å². The molecule has 0 rings (SSSR count). The van der Waals surface area contributed by atoms with E-state index in [9.17, 15) is 0 Å². The van der Waals surface area contributed by atoms with E-state index in [4.69, 9.17) is 4.84 Å². The maximum atomic E-state index is 5.53. The van der Waals surface area contributed by atoms with Gasteiger partial charge in [0, 0.05) is 0 Å². The van der Waals surface area contributed by atoms with Gasteiger partial charge in [0.25, 0.3) is 0 Å². The maximum absolute atomic E-state index is 5.53. The van der Waals surface area contributed by atoms with E-state index >= 15 is 0 Å². The number of hydrogen-bond acceptors (Lipinski definition) is 1. The highest BCUT2D eigenvalue weighted by molar-refractivity contribution is 4.57. The third kappa shape index (κ3) is 7.92. The van der Waals surface area contributed by atoms with Gasteiger partial charge in [-0.15, -0.1) is 0 Å². The van der Waals surface area contributed by atoms with Crippen molar-refractivity contribution >= 4 is 0 Å². The molecule has 0 aliphatic rings. The highest BCUT2D eigenvalue weighted by atomic mass is 16.7. The van der Waals surface area contributed by atoms with Gasteiger partial charge in [-0.2, -0.15) is 4.65 Å². The molecule has 0 heterocycles. The molecule has 10 heavy (non-hydrogen) atoms. The molecule has 0 aliphatic heterocycles. The first kappa shape index (κ1) is 9.92. The van der Waals surface area contributed by atoms with Crippen molar-refractivity contribution in [1.29, 1.82) is 0 Å². The van der Waals surface area contributed by atoms with Gasteiger partial charge < -0.3 is 0 Å². The SMILES string of the molecule is CC(C)(C)CO[N+](C)(C)C. The fourth-order valence-electron chi connectivity index (χ4n) is 0.387.